The van der Waals surface area contributed by atoms with E-state index in [1.807, 2.05) is 0 Å². The summed E-state index contributed by atoms with van der Waals surface area (Å²) in [5.74, 6) is 1.62. The number of rotatable bonds is 0. The first-order valence-corrected chi connectivity index (χ1v) is 9.20. The van der Waals surface area contributed by atoms with Crippen molar-refractivity contribution in [1.29, 1.82) is 0 Å². The Kier molecular flexibility index (Phi) is 2.91. The number of aryl methyl sites for hydroxylation is 2. The van der Waals surface area contributed by atoms with Gasteiger partial charge in [-0.3, -0.25) is 0 Å². The molecular weight excluding hydrogens is 284 g/mol. The Morgan fingerprint density at radius 3 is 2.78 bits per heavy atom. The molecule has 2 heteroatoms. The maximum Gasteiger partial charge on any atom is 0.193 e. The molecule has 0 aromatic heterocycles. The number of hydrogen-bond donors (Lipinski definition) is 0. The fraction of sp³-hybridized carbons (Fsp3) is 0.619. The Labute approximate surface area is 138 Å². The molecule has 3 aliphatic carbocycles. The first-order valence-electron chi connectivity index (χ1n) is 9.20. The summed E-state index contributed by atoms with van der Waals surface area (Å²) >= 11 is 0. The molecule has 1 aliphatic heterocycles. The van der Waals surface area contributed by atoms with Crippen LogP contribution >= 0.6 is 0 Å². The molecule has 1 heterocycles. The fourth-order valence-corrected chi connectivity index (χ4v) is 6.00. The third kappa shape index (κ3) is 1.77. The maximum atomic E-state index is 6.13. The van der Waals surface area contributed by atoms with Crippen molar-refractivity contribution in [3.05, 3.63) is 47.0 Å². The van der Waals surface area contributed by atoms with E-state index in [0.717, 1.165) is 25.0 Å². The fourth-order valence-electron chi connectivity index (χ4n) is 6.00. The van der Waals surface area contributed by atoms with Crippen molar-refractivity contribution < 1.29 is 9.47 Å². The van der Waals surface area contributed by atoms with Gasteiger partial charge in [0, 0.05) is 5.41 Å². The number of hydrogen-bond acceptors (Lipinski definition) is 2. The van der Waals surface area contributed by atoms with E-state index in [9.17, 15) is 0 Å². The van der Waals surface area contributed by atoms with E-state index < -0.39 is 5.79 Å². The van der Waals surface area contributed by atoms with Gasteiger partial charge in [0.2, 0.25) is 0 Å². The second-order valence-electron chi connectivity index (χ2n) is 8.22. The molecule has 4 aliphatic rings. The van der Waals surface area contributed by atoms with Crippen LogP contribution in [0.5, 0.6) is 0 Å². The third-order valence-electron chi connectivity index (χ3n) is 7.17. The van der Waals surface area contributed by atoms with Crippen molar-refractivity contribution in [2.75, 3.05) is 13.2 Å². The minimum Gasteiger partial charge on any atom is -0.343 e. The summed E-state index contributed by atoms with van der Waals surface area (Å²) in [6.45, 7) is 6.10. The van der Waals surface area contributed by atoms with Gasteiger partial charge in [0.05, 0.1) is 13.2 Å². The standard InChI is InChI=1S/C21H26O2/c1-14-3-5-16-15(13-14)4-6-18-17(16)7-9-20(2)19(18)8-10-21(20)22-11-12-23-21/h3,5,8,10,13,17-19H,4,6-7,9,11-12H2,1-2H3/t17?,18?,19?,20-/m0/s1. The normalized spacial score (nSPS) is 40.0. The SMILES string of the molecule is Cc1ccc2c(c1)CCC1C2CC[C@@]2(C)C1C=CC21OCCO1. The summed E-state index contributed by atoms with van der Waals surface area (Å²) < 4.78 is 12.3. The Bertz CT molecular complexity index is 670. The van der Waals surface area contributed by atoms with Crippen molar-refractivity contribution in [3.63, 3.8) is 0 Å². The van der Waals surface area contributed by atoms with Crippen LogP contribution in [0.2, 0.25) is 0 Å². The Morgan fingerprint density at radius 1 is 1.13 bits per heavy atom. The average molecular weight is 310 g/mol. The van der Waals surface area contributed by atoms with Crippen molar-refractivity contribution in [3.8, 4) is 0 Å². The largest absolute Gasteiger partial charge is 0.343 e. The zero-order valence-electron chi connectivity index (χ0n) is 14.2. The molecule has 0 amide bonds. The predicted molar refractivity (Wildman–Crippen MR) is 90.3 cm³/mol. The van der Waals surface area contributed by atoms with Gasteiger partial charge in [0.25, 0.3) is 0 Å². The molecule has 2 fully saturated rings. The summed E-state index contributed by atoms with van der Waals surface area (Å²) in [6.07, 6.45) is 9.68. The van der Waals surface area contributed by atoms with Crippen molar-refractivity contribution in [1.82, 2.24) is 0 Å². The minimum atomic E-state index is -0.434. The summed E-state index contributed by atoms with van der Waals surface area (Å²) in [5.41, 5.74) is 4.74. The number of ether oxygens (including phenoxy) is 2. The Balaban J connectivity index is 1.53. The van der Waals surface area contributed by atoms with Gasteiger partial charge in [0.15, 0.2) is 5.79 Å². The molecule has 23 heavy (non-hydrogen) atoms. The van der Waals surface area contributed by atoms with Gasteiger partial charge >= 0.3 is 0 Å². The quantitative estimate of drug-likeness (QED) is 0.662. The molecule has 1 spiro atoms. The lowest BCUT2D eigenvalue weighted by atomic mass is 9.54. The van der Waals surface area contributed by atoms with Crippen LogP contribution in [0, 0.1) is 24.2 Å². The molecule has 1 saturated heterocycles. The second kappa shape index (κ2) is 4.70. The lowest BCUT2D eigenvalue weighted by molar-refractivity contribution is -0.215. The van der Waals surface area contributed by atoms with E-state index in [4.69, 9.17) is 9.47 Å². The molecule has 5 rings (SSSR count). The van der Waals surface area contributed by atoms with Crippen molar-refractivity contribution >= 4 is 0 Å². The molecule has 0 radical (unpaired) electrons. The van der Waals surface area contributed by atoms with Gasteiger partial charge in [-0.2, -0.15) is 0 Å². The van der Waals surface area contributed by atoms with E-state index in [2.05, 4.69) is 44.2 Å². The topological polar surface area (TPSA) is 18.5 Å². The van der Waals surface area contributed by atoms with E-state index in [1.54, 1.807) is 11.1 Å². The van der Waals surface area contributed by atoms with Crippen LogP contribution in [0.3, 0.4) is 0 Å². The van der Waals surface area contributed by atoms with Crippen molar-refractivity contribution in [2.45, 2.75) is 51.2 Å². The van der Waals surface area contributed by atoms with Gasteiger partial charge in [-0.15, -0.1) is 0 Å². The van der Waals surface area contributed by atoms with Crippen LogP contribution in [0.4, 0.5) is 0 Å². The van der Waals surface area contributed by atoms with Gasteiger partial charge in [-0.05, 0) is 67.6 Å². The Morgan fingerprint density at radius 2 is 1.96 bits per heavy atom. The van der Waals surface area contributed by atoms with Crippen LogP contribution < -0.4 is 0 Å². The molecular formula is C21H26O2. The molecule has 122 valence electrons. The molecule has 4 atom stereocenters. The van der Waals surface area contributed by atoms with Gasteiger partial charge in [-0.25, -0.2) is 0 Å². The molecule has 0 bridgehead atoms. The van der Waals surface area contributed by atoms with E-state index >= 15 is 0 Å². The highest BCUT2D eigenvalue weighted by atomic mass is 16.7. The first kappa shape index (κ1) is 14.2. The number of allylic oxidation sites excluding steroid dienone is 1. The number of fused-ring (bicyclic) bond motifs is 6. The summed E-state index contributed by atoms with van der Waals surface area (Å²) in [5, 5.41) is 0. The number of benzene rings is 1. The van der Waals surface area contributed by atoms with E-state index in [0.29, 0.717) is 5.92 Å². The van der Waals surface area contributed by atoms with Crippen molar-refractivity contribution in [2.24, 2.45) is 17.3 Å². The summed E-state index contributed by atoms with van der Waals surface area (Å²) in [4.78, 5) is 0. The van der Waals surface area contributed by atoms with Gasteiger partial charge in [-0.1, -0.05) is 36.8 Å². The predicted octanol–water partition coefficient (Wildman–Crippen LogP) is 4.37. The monoisotopic (exact) mass is 310 g/mol. The summed E-state index contributed by atoms with van der Waals surface area (Å²) in [7, 11) is 0. The second-order valence-corrected chi connectivity index (χ2v) is 8.22. The maximum absolute atomic E-state index is 6.13. The molecule has 1 aromatic carbocycles. The van der Waals surface area contributed by atoms with E-state index in [1.165, 1.54) is 31.2 Å². The van der Waals surface area contributed by atoms with Gasteiger partial charge in [0.1, 0.15) is 0 Å². The minimum absolute atomic E-state index is 0.118. The van der Waals surface area contributed by atoms with Crippen LogP contribution in [0.25, 0.3) is 0 Å². The first-order chi connectivity index (χ1) is 11.1. The smallest absolute Gasteiger partial charge is 0.193 e. The zero-order valence-corrected chi connectivity index (χ0v) is 14.2. The Hall–Kier alpha value is -1.12. The lowest BCUT2D eigenvalue weighted by Gasteiger charge is -2.52. The summed E-state index contributed by atoms with van der Waals surface area (Å²) in [6, 6.07) is 7.11. The van der Waals surface area contributed by atoms with Crippen LogP contribution in [0.1, 0.15) is 48.8 Å². The van der Waals surface area contributed by atoms with Crippen LogP contribution in [-0.4, -0.2) is 19.0 Å². The molecule has 1 aromatic rings. The molecule has 3 unspecified atom stereocenters. The van der Waals surface area contributed by atoms with E-state index in [-0.39, 0.29) is 5.41 Å². The van der Waals surface area contributed by atoms with Gasteiger partial charge < -0.3 is 9.47 Å². The molecule has 1 saturated carbocycles. The third-order valence-corrected chi connectivity index (χ3v) is 7.17. The molecule has 0 N–H and O–H groups in total. The highest BCUT2D eigenvalue weighted by Crippen LogP contribution is 2.63. The highest BCUT2D eigenvalue weighted by Gasteiger charge is 2.62. The van der Waals surface area contributed by atoms with Crippen LogP contribution in [-0.2, 0) is 15.9 Å². The highest BCUT2D eigenvalue weighted by molar-refractivity contribution is 5.39. The molecule has 2 nitrogen and oxygen atoms in total. The van der Waals surface area contributed by atoms with Crippen LogP contribution in [0.15, 0.2) is 30.4 Å². The average Bonchev–Trinajstić information content (AvgIpc) is 3.14. The zero-order chi connectivity index (χ0) is 15.7. The lowest BCUT2D eigenvalue weighted by Crippen LogP contribution is -2.52.